The van der Waals surface area contributed by atoms with Gasteiger partial charge in [-0.2, -0.15) is 0 Å². The minimum absolute atomic E-state index is 0.0947. The van der Waals surface area contributed by atoms with E-state index in [9.17, 15) is 4.79 Å². The average molecular weight is 228 g/mol. The maximum Gasteiger partial charge on any atom is 0.236 e. The maximum atomic E-state index is 11.8. The molecule has 0 rings (SSSR count). The first-order chi connectivity index (χ1) is 7.65. The number of nitrogens with one attached hydrogen (secondary N) is 1. The molecule has 0 aliphatic rings. The van der Waals surface area contributed by atoms with Crippen LogP contribution in [0.4, 0.5) is 0 Å². The molecular weight excluding hydrogens is 204 g/mol. The number of nitrogens with zero attached hydrogens (tertiary/aromatic N) is 1. The summed E-state index contributed by atoms with van der Waals surface area (Å²) in [6, 6.07) is 0.372. The van der Waals surface area contributed by atoms with E-state index in [1.54, 1.807) is 18.1 Å². The van der Waals surface area contributed by atoms with Crippen LogP contribution in [0.3, 0.4) is 0 Å². The predicted molar refractivity (Wildman–Crippen MR) is 66.4 cm³/mol. The summed E-state index contributed by atoms with van der Waals surface area (Å²) in [4.78, 5) is 13.6. The van der Waals surface area contributed by atoms with Gasteiger partial charge < -0.3 is 15.0 Å². The van der Waals surface area contributed by atoms with Crippen LogP contribution in [0.1, 0.15) is 20.3 Å². The van der Waals surface area contributed by atoms with Crippen molar-refractivity contribution in [2.75, 3.05) is 33.4 Å². The average Bonchev–Trinajstić information content (AvgIpc) is 2.30. The molecule has 16 heavy (non-hydrogen) atoms. The van der Waals surface area contributed by atoms with Gasteiger partial charge in [-0.3, -0.25) is 4.79 Å². The van der Waals surface area contributed by atoms with Gasteiger partial charge in [-0.1, -0.05) is 13.0 Å². The molecular formula is C12H24N2O2. The Labute approximate surface area is 98.6 Å². The molecule has 0 radical (unpaired) electrons. The van der Waals surface area contributed by atoms with Crippen LogP contribution in [-0.2, 0) is 9.53 Å². The van der Waals surface area contributed by atoms with E-state index in [1.165, 1.54) is 0 Å². The van der Waals surface area contributed by atoms with Crippen molar-refractivity contribution in [2.24, 2.45) is 0 Å². The zero-order valence-corrected chi connectivity index (χ0v) is 10.7. The summed E-state index contributed by atoms with van der Waals surface area (Å²) >= 11 is 0. The number of ether oxygens (including phenoxy) is 1. The molecule has 0 aromatic carbocycles. The molecule has 0 bridgehead atoms. The minimum atomic E-state index is 0.0947. The monoisotopic (exact) mass is 228 g/mol. The molecule has 0 aliphatic carbocycles. The second kappa shape index (κ2) is 9.36. The standard InChI is InChI=1S/C12H24N2O2/c1-5-7-14(8-9-16-4)12(15)10-13-11(3)6-2/h5,11,13H,1,6-10H2,2-4H3. The van der Waals surface area contributed by atoms with Gasteiger partial charge in [0, 0.05) is 26.2 Å². The number of rotatable bonds is 9. The van der Waals surface area contributed by atoms with Crippen LogP contribution in [-0.4, -0.2) is 50.2 Å². The second-order valence-electron chi connectivity index (χ2n) is 3.81. The molecule has 0 aliphatic heterocycles. The van der Waals surface area contributed by atoms with Gasteiger partial charge in [0.1, 0.15) is 0 Å². The van der Waals surface area contributed by atoms with E-state index in [1.807, 2.05) is 0 Å². The lowest BCUT2D eigenvalue weighted by Gasteiger charge is -2.22. The van der Waals surface area contributed by atoms with Crippen molar-refractivity contribution in [2.45, 2.75) is 26.3 Å². The van der Waals surface area contributed by atoms with E-state index in [-0.39, 0.29) is 5.91 Å². The van der Waals surface area contributed by atoms with Gasteiger partial charge >= 0.3 is 0 Å². The quantitative estimate of drug-likeness (QED) is 0.599. The SMILES string of the molecule is C=CCN(CCOC)C(=O)CNC(C)CC. The van der Waals surface area contributed by atoms with Gasteiger partial charge in [-0.15, -0.1) is 6.58 Å². The van der Waals surface area contributed by atoms with Crippen molar-refractivity contribution in [1.82, 2.24) is 10.2 Å². The Morgan fingerprint density at radius 2 is 2.31 bits per heavy atom. The first-order valence-electron chi connectivity index (χ1n) is 5.76. The number of hydrogen-bond acceptors (Lipinski definition) is 3. The highest BCUT2D eigenvalue weighted by Gasteiger charge is 2.11. The highest BCUT2D eigenvalue weighted by molar-refractivity contribution is 5.78. The van der Waals surface area contributed by atoms with Gasteiger partial charge in [-0.25, -0.2) is 0 Å². The Kier molecular flexibility index (Phi) is 8.85. The molecule has 4 nitrogen and oxygen atoms in total. The molecule has 0 saturated heterocycles. The zero-order chi connectivity index (χ0) is 12.4. The highest BCUT2D eigenvalue weighted by atomic mass is 16.5. The van der Waals surface area contributed by atoms with Crippen molar-refractivity contribution in [3.05, 3.63) is 12.7 Å². The topological polar surface area (TPSA) is 41.6 Å². The zero-order valence-electron chi connectivity index (χ0n) is 10.7. The van der Waals surface area contributed by atoms with Crippen LogP contribution in [0.2, 0.25) is 0 Å². The molecule has 1 N–H and O–H groups in total. The number of hydrogen-bond donors (Lipinski definition) is 1. The fourth-order valence-electron chi connectivity index (χ4n) is 1.19. The Hall–Kier alpha value is -0.870. The van der Waals surface area contributed by atoms with Crippen LogP contribution in [0.5, 0.6) is 0 Å². The summed E-state index contributed by atoms with van der Waals surface area (Å²) in [5.41, 5.74) is 0. The summed E-state index contributed by atoms with van der Waals surface area (Å²) < 4.78 is 4.97. The van der Waals surface area contributed by atoms with Crippen molar-refractivity contribution < 1.29 is 9.53 Å². The predicted octanol–water partition coefficient (Wildman–Crippen LogP) is 1.04. The molecule has 0 saturated carbocycles. The van der Waals surface area contributed by atoms with Gasteiger partial charge in [0.15, 0.2) is 0 Å². The van der Waals surface area contributed by atoms with Gasteiger partial charge in [-0.05, 0) is 13.3 Å². The normalized spacial score (nSPS) is 12.2. The number of methoxy groups -OCH3 is 1. The van der Waals surface area contributed by atoms with Crippen LogP contribution in [0.25, 0.3) is 0 Å². The smallest absolute Gasteiger partial charge is 0.236 e. The Bertz CT molecular complexity index is 207. The molecule has 0 spiro atoms. The number of amides is 1. The summed E-state index contributed by atoms with van der Waals surface area (Å²) in [5, 5.41) is 3.18. The van der Waals surface area contributed by atoms with E-state index in [0.717, 1.165) is 6.42 Å². The van der Waals surface area contributed by atoms with Crippen LogP contribution in [0, 0.1) is 0 Å². The Balaban J connectivity index is 4.00. The van der Waals surface area contributed by atoms with Crippen LogP contribution >= 0.6 is 0 Å². The van der Waals surface area contributed by atoms with Crippen molar-refractivity contribution in [1.29, 1.82) is 0 Å². The van der Waals surface area contributed by atoms with E-state index < -0.39 is 0 Å². The lowest BCUT2D eigenvalue weighted by molar-refractivity contribution is -0.130. The first kappa shape index (κ1) is 15.1. The summed E-state index contributed by atoms with van der Waals surface area (Å²) in [5.74, 6) is 0.0947. The maximum absolute atomic E-state index is 11.8. The first-order valence-corrected chi connectivity index (χ1v) is 5.76. The molecule has 0 fully saturated rings. The van der Waals surface area contributed by atoms with E-state index in [0.29, 0.717) is 32.3 Å². The fourth-order valence-corrected chi connectivity index (χ4v) is 1.19. The molecule has 4 heteroatoms. The van der Waals surface area contributed by atoms with E-state index in [2.05, 4.69) is 25.7 Å². The lowest BCUT2D eigenvalue weighted by atomic mass is 10.2. The summed E-state index contributed by atoms with van der Waals surface area (Å²) in [6.45, 7) is 9.94. The summed E-state index contributed by atoms with van der Waals surface area (Å²) in [6.07, 6.45) is 2.75. The lowest BCUT2D eigenvalue weighted by Crippen LogP contribution is -2.42. The molecule has 1 amide bonds. The Morgan fingerprint density at radius 1 is 1.62 bits per heavy atom. The van der Waals surface area contributed by atoms with Crippen LogP contribution < -0.4 is 5.32 Å². The largest absolute Gasteiger partial charge is 0.383 e. The molecule has 1 unspecified atom stereocenters. The minimum Gasteiger partial charge on any atom is -0.383 e. The van der Waals surface area contributed by atoms with Crippen LogP contribution in [0.15, 0.2) is 12.7 Å². The number of carbonyl (C=O) groups excluding carboxylic acids is 1. The third kappa shape index (κ3) is 6.58. The second-order valence-corrected chi connectivity index (χ2v) is 3.81. The van der Waals surface area contributed by atoms with Gasteiger partial charge in [0.2, 0.25) is 5.91 Å². The molecule has 1 atom stereocenters. The summed E-state index contributed by atoms with van der Waals surface area (Å²) in [7, 11) is 1.63. The Morgan fingerprint density at radius 3 is 2.81 bits per heavy atom. The molecule has 0 aromatic rings. The van der Waals surface area contributed by atoms with Crippen molar-refractivity contribution in [3.63, 3.8) is 0 Å². The van der Waals surface area contributed by atoms with Gasteiger partial charge in [0.25, 0.3) is 0 Å². The van der Waals surface area contributed by atoms with Crippen molar-refractivity contribution >= 4 is 5.91 Å². The van der Waals surface area contributed by atoms with Crippen molar-refractivity contribution in [3.8, 4) is 0 Å². The highest BCUT2D eigenvalue weighted by Crippen LogP contribution is 1.92. The third-order valence-corrected chi connectivity index (χ3v) is 2.48. The number of carbonyl (C=O) groups is 1. The van der Waals surface area contributed by atoms with E-state index in [4.69, 9.17) is 4.74 Å². The van der Waals surface area contributed by atoms with E-state index >= 15 is 0 Å². The van der Waals surface area contributed by atoms with Gasteiger partial charge in [0.05, 0.1) is 13.2 Å². The third-order valence-electron chi connectivity index (χ3n) is 2.48. The molecule has 0 aromatic heterocycles. The molecule has 94 valence electrons. The fraction of sp³-hybridized carbons (Fsp3) is 0.750. The molecule has 0 heterocycles.